The number of anilines is 2. The second-order valence-electron chi connectivity index (χ2n) is 20.8. The van der Waals surface area contributed by atoms with Crippen LogP contribution in [0.2, 0.25) is 0 Å². The molecular weight excluding hydrogens is 863 g/mol. The van der Waals surface area contributed by atoms with Gasteiger partial charge in [-0.1, -0.05) is 51.5 Å². The van der Waals surface area contributed by atoms with Gasteiger partial charge in [0.2, 0.25) is 17.7 Å². The van der Waals surface area contributed by atoms with Crippen LogP contribution in [0.1, 0.15) is 138 Å². The number of alkyl carbamates (subject to hydrolysis) is 1. The SMILES string of the molecule is C[C@]12CCC[C@]3(C(=O)N3C(=O)[C@@]3(C)CCC[C@]4(C)c5cc(NC(=O)[C@H](CCCCN)NC(=O)OCc6ccc(NC(=O)CCCCNC(N)=O)cc6)ccc5CC[C@@H]34)C1CCc1ccc(O)cc12. The fourth-order valence-corrected chi connectivity index (χ4v) is 13.1. The molecule has 5 aliphatic rings. The summed E-state index contributed by atoms with van der Waals surface area (Å²) in [6.07, 6.45) is 10.5. The van der Waals surface area contributed by atoms with Crippen LogP contribution in [0.25, 0.3) is 0 Å². The highest BCUT2D eigenvalue weighted by Gasteiger charge is 2.75. The Kier molecular flexibility index (Phi) is 14.0. The first-order chi connectivity index (χ1) is 32.5. The van der Waals surface area contributed by atoms with Crippen molar-refractivity contribution in [2.24, 2.45) is 28.7 Å². The van der Waals surface area contributed by atoms with E-state index in [-0.39, 0.29) is 65.1 Å². The number of rotatable bonds is 16. The normalized spacial score (nSPS) is 27.1. The van der Waals surface area contributed by atoms with Crippen molar-refractivity contribution in [3.05, 3.63) is 88.5 Å². The lowest BCUT2D eigenvalue weighted by molar-refractivity contribution is -0.148. The number of fused-ring (bicyclic) bond motifs is 7. The number of nitrogens with two attached hydrogens (primary N) is 2. The third-order valence-electron chi connectivity index (χ3n) is 16.5. The van der Waals surface area contributed by atoms with Gasteiger partial charge in [0.1, 0.15) is 23.9 Å². The number of benzene rings is 3. The second kappa shape index (κ2) is 19.6. The van der Waals surface area contributed by atoms with Crippen LogP contribution < -0.4 is 32.7 Å². The summed E-state index contributed by atoms with van der Waals surface area (Å²) in [6, 6.07) is 17.1. The molecule has 0 aromatic heterocycles. The van der Waals surface area contributed by atoms with Crippen molar-refractivity contribution in [2.75, 3.05) is 23.7 Å². The summed E-state index contributed by atoms with van der Waals surface area (Å²) >= 11 is 0. The molecule has 3 fully saturated rings. The first kappa shape index (κ1) is 48.5. The van der Waals surface area contributed by atoms with Crippen molar-refractivity contribution < 1.29 is 38.6 Å². The molecule has 7 atom stereocenters. The third-order valence-corrected chi connectivity index (χ3v) is 16.5. The van der Waals surface area contributed by atoms with E-state index in [1.165, 1.54) is 11.1 Å². The Balaban J connectivity index is 0.909. The molecule has 1 unspecified atom stereocenters. The highest BCUT2D eigenvalue weighted by Crippen LogP contribution is 2.65. The van der Waals surface area contributed by atoms with Crippen LogP contribution in [-0.2, 0) is 54.2 Å². The van der Waals surface area contributed by atoms with Crippen LogP contribution >= 0.6 is 0 Å². The Morgan fingerprint density at radius 1 is 0.794 bits per heavy atom. The van der Waals surface area contributed by atoms with Gasteiger partial charge in [0.15, 0.2) is 0 Å². The van der Waals surface area contributed by atoms with Crippen LogP contribution in [0.4, 0.5) is 21.0 Å². The Morgan fingerprint density at radius 2 is 1.46 bits per heavy atom. The minimum Gasteiger partial charge on any atom is -0.508 e. The highest BCUT2D eigenvalue weighted by atomic mass is 16.5. The first-order valence-corrected chi connectivity index (χ1v) is 24.7. The number of primary amides is 1. The van der Waals surface area contributed by atoms with Gasteiger partial charge < -0.3 is 42.6 Å². The molecule has 364 valence electrons. The molecule has 15 heteroatoms. The molecule has 8 rings (SSSR count). The van der Waals surface area contributed by atoms with E-state index in [0.717, 1.165) is 62.5 Å². The quantitative estimate of drug-likeness (QED) is 0.0431. The number of aryl methyl sites for hydroxylation is 2. The van der Waals surface area contributed by atoms with Gasteiger partial charge in [0.05, 0.1) is 5.41 Å². The number of hydrogen-bond acceptors (Lipinski definition) is 9. The maximum absolute atomic E-state index is 15.2. The predicted octanol–water partition coefficient (Wildman–Crippen LogP) is 7.35. The van der Waals surface area contributed by atoms with Gasteiger partial charge in [-0.2, -0.15) is 0 Å². The number of phenolic OH excluding ortho intramolecular Hbond substituents is 1. The van der Waals surface area contributed by atoms with E-state index in [1.54, 1.807) is 35.2 Å². The lowest BCUT2D eigenvalue weighted by Crippen LogP contribution is -2.56. The molecule has 0 radical (unpaired) electrons. The molecule has 68 heavy (non-hydrogen) atoms. The summed E-state index contributed by atoms with van der Waals surface area (Å²) in [7, 11) is 0. The number of amides is 7. The molecule has 1 aliphatic heterocycles. The zero-order valence-electron chi connectivity index (χ0n) is 39.8. The van der Waals surface area contributed by atoms with E-state index in [1.807, 2.05) is 24.3 Å². The van der Waals surface area contributed by atoms with Crippen molar-refractivity contribution in [3.63, 3.8) is 0 Å². The number of unbranched alkanes of at least 4 members (excludes halogenated alkanes) is 2. The van der Waals surface area contributed by atoms with E-state index in [0.29, 0.717) is 75.0 Å². The molecule has 1 heterocycles. The molecule has 4 aliphatic carbocycles. The minimum atomic E-state index is -0.893. The number of imide groups is 1. The summed E-state index contributed by atoms with van der Waals surface area (Å²) in [6.45, 7) is 7.38. The van der Waals surface area contributed by atoms with E-state index in [9.17, 15) is 29.1 Å². The summed E-state index contributed by atoms with van der Waals surface area (Å²) in [5.74, 6) is -0.420. The van der Waals surface area contributed by atoms with Crippen LogP contribution in [0, 0.1) is 17.3 Å². The fraction of sp³-hybridized carbons (Fsp3) is 0.547. The van der Waals surface area contributed by atoms with Crippen molar-refractivity contribution in [3.8, 4) is 5.75 Å². The topological polar surface area (TPSA) is 235 Å². The maximum atomic E-state index is 15.2. The second-order valence-corrected chi connectivity index (χ2v) is 20.8. The first-order valence-electron chi connectivity index (χ1n) is 24.7. The molecule has 0 bridgehead atoms. The zero-order valence-corrected chi connectivity index (χ0v) is 39.8. The predicted molar refractivity (Wildman–Crippen MR) is 258 cm³/mol. The molecule has 3 aromatic rings. The summed E-state index contributed by atoms with van der Waals surface area (Å²) < 4.78 is 5.54. The Hall–Kier alpha value is -5.96. The average molecular weight is 932 g/mol. The van der Waals surface area contributed by atoms with Gasteiger partial charge in [-0.3, -0.25) is 24.1 Å². The van der Waals surface area contributed by atoms with Gasteiger partial charge in [-0.15, -0.1) is 0 Å². The monoisotopic (exact) mass is 932 g/mol. The Bertz CT molecular complexity index is 2440. The van der Waals surface area contributed by atoms with E-state index >= 15 is 4.79 Å². The third kappa shape index (κ3) is 9.30. The van der Waals surface area contributed by atoms with Crippen LogP contribution in [0.15, 0.2) is 60.7 Å². The van der Waals surface area contributed by atoms with Crippen LogP contribution in [0.5, 0.6) is 5.75 Å². The van der Waals surface area contributed by atoms with Crippen LogP contribution in [0.3, 0.4) is 0 Å². The Labute approximate surface area is 399 Å². The molecule has 15 nitrogen and oxygen atoms in total. The van der Waals surface area contributed by atoms with Gasteiger partial charge in [-0.25, -0.2) is 9.59 Å². The molecule has 1 saturated heterocycles. The number of aromatic hydroxyl groups is 1. The molecular formula is C53H69N7O8. The van der Waals surface area contributed by atoms with Gasteiger partial charge >= 0.3 is 12.1 Å². The molecule has 9 N–H and O–H groups in total. The number of nitrogens with zero attached hydrogens (tertiary/aromatic N) is 1. The van der Waals surface area contributed by atoms with Crippen molar-refractivity contribution in [1.82, 2.24) is 15.5 Å². The van der Waals surface area contributed by atoms with Crippen molar-refractivity contribution in [1.29, 1.82) is 0 Å². The largest absolute Gasteiger partial charge is 0.508 e. The van der Waals surface area contributed by atoms with Gasteiger partial charge in [0, 0.05) is 30.3 Å². The van der Waals surface area contributed by atoms with E-state index < -0.39 is 29.1 Å². The average Bonchev–Trinajstić information content (AvgIpc) is 3.88. The van der Waals surface area contributed by atoms with Gasteiger partial charge in [0.25, 0.3) is 5.91 Å². The number of ether oxygens (including phenoxy) is 1. The van der Waals surface area contributed by atoms with Crippen molar-refractivity contribution in [2.45, 2.75) is 153 Å². The highest BCUT2D eigenvalue weighted by molar-refractivity contribution is 6.17. The number of urea groups is 1. The number of carbonyl (C=O) groups excluding carboxylic acids is 6. The summed E-state index contributed by atoms with van der Waals surface area (Å²) in [5.41, 5.74) is 15.1. The van der Waals surface area contributed by atoms with Gasteiger partial charge in [-0.05, 0) is 177 Å². The van der Waals surface area contributed by atoms with Crippen LogP contribution in [-0.4, -0.2) is 70.4 Å². The lowest BCUT2D eigenvalue weighted by Gasteiger charge is -2.55. The number of carbonyl (C=O) groups is 6. The molecule has 2 saturated carbocycles. The standard InChI is InChI=1S/C53H69N7O8/c1-50-24-8-26-52(3,46(64)60-47(65)53(60)27-9-25-51(2)40-31-38(61)21-15-35(40)17-23-43(51)53)42(50)22-16-34-14-20-37(30-39(34)50)58-45(63)41(10-4-6-28-54)59-49(67)68-32-33-12-18-36(19-13-33)57-44(62)11-5-7-29-56-48(55)66/h12-15,18-21,30-31,41-43,61H,4-11,16-17,22-29,32,54H2,1-3H3,(H,57,62)(H,58,63)(H,59,67)(H3,55,56,66)/t41-,42+,43?,50+,51+,52-,53+,60?/m0/s1. The van der Waals surface area contributed by atoms with E-state index in [4.69, 9.17) is 16.2 Å². The Morgan fingerprint density at radius 3 is 2.18 bits per heavy atom. The smallest absolute Gasteiger partial charge is 0.408 e. The number of phenols is 1. The number of hydrogen-bond donors (Lipinski definition) is 7. The fourth-order valence-electron chi connectivity index (χ4n) is 13.1. The maximum Gasteiger partial charge on any atom is 0.408 e. The zero-order chi connectivity index (χ0) is 48.4. The summed E-state index contributed by atoms with van der Waals surface area (Å²) in [4.78, 5) is 81.5. The lowest BCUT2D eigenvalue weighted by atomic mass is 9.49. The minimum absolute atomic E-state index is 0.00979. The van der Waals surface area contributed by atoms with E-state index in [2.05, 4.69) is 48.1 Å². The molecule has 7 amide bonds. The van der Waals surface area contributed by atoms with Crippen molar-refractivity contribution >= 4 is 47.1 Å². The molecule has 1 spiro atoms. The number of nitrogens with one attached hydrogen (secondary N) is 4. The summed E-state index contributed by atoms with van der Waals surface area (Å²) in [5, 5.41) is 21.7. The molecule has 3 aromatic carbocycles.